The van der Waals surface area contributed by atoms with Gasteiger partial charge in [-0.1, -0.05) is 20.8 Å². The summed E-state index contributed by atoms with van der Waals surface area (Å²) in [5.41, 5.74) is 7.89. The van der Waals surface area contributed by atoms with Gasteiger partial charge in [-0.15, -0.1) is 11.3 Å². The Bertz CT molecular complexity index is 907. The summed E-state index contributed by atoms with van der Waals surface area (Å²) in [7, 11) is 0. The molecule has 0 bridgehead atoms. The highest BCUT2D eigenvalue weighted by Gasteiger charge is 2.33. The van der Waals surface area contributed by atoms with Gasteiger partial charge in [0.15, 0.2) is 0 Å². The predicted octanol–water partition coefficient (Wildman–Crippen LogP) is 5.04. The quantitative estimate of drug-likeness (QED) is 0.719. The van der Waals surface area contributed by atoms with Crippen molar-refractivity contribution in [3.8, 4) is 5.75 Å². The Kier molecular flexibility index (Phi) is 6.03. The van der Waals surface area contributed by atoms with Crippen LogP contribution < -0.4 is 15.8 Å². The Labute approximate surface area is 176 Å². The van der Waals surface area contributed by atoms with Gasteiger partial charge in [0.1, 0.15) is 10.8 Å². The first kappa shape index (κ1) is 21.4. The van der Waals surface area contributed by atoms with Crippen molar-refractivity contribution in [2.24, 2.45) is 17.1 Å². The van der Waals surface area contributed by atoms with Crippen LogP contribution in [0, 0.1) is 11.3 Å². The summed E-state index contributed by atoms with van der Waals surface area (Å²) in [4.78, 5) is 26.1. The summed E-state index contributed by atoms with van der Waals surface area (Å²) in [5, 5.41) is 3.48. The van der Waals surface area contributed by atoms with E-state index in [2.05, 4.69) is 26.1 Å². The molecular formula is C23H30N2O3S. The van der Waals surface area contributed by atoms with Crippen molar-refractivity contribution in [3.63, 3.8) is 0 Å². The monoisotopic (exact) mass is 414 g/mol. The second-order valence-corrected chi connectivity index (χ2v) is 10.1. The Hall–Kier alpha value is -2.34. The van der Waals surface area contributed by atoms with Crippen molar-refractivity contribution in [1.82, 2.24) is 0 Å². The third-order valence-corrected chi connectivity index (χ3v) is 6.62. The lowest BCUT2D eigenvalue weighted by molar-refractivity contribution is 0.1000. The highest BCUT2D eigenvalue weighted by Crippen LogP contribution is 2.44. The minimum absolute atomic E-state index is 0.0714. The van der Waals surface area contributed by atoms with E-state index in [-0.39, 0.29) is 17.4 Å². The van der Waals surface area contributed by atoms with Crippen LogP contribution in [0.4, 0.5) is 5.00 Å². The Balaban J connectivity index is 1.83. The van der Waals surface area contributed by atoms with E-state index in [1.165, 1.54) is 16.2 Å². The maximum atomic E-state index is 12.8. The van der Waals surface area contributed by atoms with Gasteiger partial charge in [-0.2, -0.15) is 0 Å². The van der Waals surface area contributed by atoms with Crippen LogP contribution in [0.15, 0.2) is 24.3 Å². The minimum atomic E-state index is -0.479. The first-order valence-electron chi connectivity index (χ1n) is 10.1. The van der Waals surface area contributed by atoms with E-state index in [9.17, 15) is 9.59 Å². The largest absolute Gasteiger partial charge is 0.491 e. The lowest BCUT2D eigenvalue weighted by Crippen LogP contribution is -2.27. The smallest absolute Gasteiger partial charge is 0.256 e. The van der Waals surface area contributed by atoms with Crippen LogP contribution in [-0.2, 0) is 12.8 Å². The third-order valence-electron chi connectivity index (χ3n) is 5.45. The number of benzene rings is 1. The number of primary amides is 1. The average Bonchev–Trinajstić information content (AvgIpc) is 2.98. The molecule has 1 aliphatic carbocycles. The Morgan fingerprint density at radius 1 is 1.21 bits per heavy atom. The molecule has 1 aromatic heterocycles. The summed E-state index contributed by atoms with van der Waals surface area (Å²) in [6.07, 6.45) is 2.84. The minimum Gasteiger partial charge on any atom is -0.491 e. The van der Waals surface area contributed by atoms with Crippen LogP contribution in [0.1, 0.15) is 72.2 Å². The van der Waals surface area contributed by atoms with Gasteiger partial charge in [0.2, 0.25) is 0 Å². The lowest BCUT2D eigenvalue weighted by Gasteiger charge is -2.33. The van der Waals surface area contributed by atoms with Crippen molar-refractivity contribution >= 4 is 28.2 Å². The number of rotatable bonds is 5. The topological polar surface area (TPSA) is 81.4 Å². The normalized spacial score (nSPS) is 16.4. The zero-order valence-corrected chi connectivity index (χ0v) is 18.6. The van der Waals surface area contributed by atoms with Crippen LogP contribution in [0.3, 0.4) is 0 Å². The van der Waals surface area contributed by atoms with Crippen LogP contribution in [0.5, 0.6) is 5.75 Å². The summed E-state index contributed by atoms with van der Waals surface area (Å²) in [5.74, 6) is 0.530. The van der Waals surface area contributed by atoms with Gasteiger partial charge in [-0.3, -0.25) is 9.59 Å². The molecule has 1 unspecified atom stereocenters. The second-order valence-electron chi connectivity index (χ2n) is 9.02. The molecule has 29 heavy (non-hydrogen) atoms. The number of amides is 2. The molecular weight excluding hydrogens is 384 g/mol. The number of nitrogens with two attached hydrogens (primary N) is 1. The number of carbonyl (C=O) groups excluding carboxylic acids is 2. The molecule has 0 aliphatic heterocycles. The van der Waals surface area contributed by atoms with Crippen molar-refractivity contribution < 1.29 is 14.3 Å². The molecule has 1 aliphatic rings. The number of anilines is 1. The standard InChI is InChI=1S/C23H30N2O3S/c1-13(2)28-16-9-6-14(7-10-16)21(27)25-22-19(20(24)26)17-11-8-15(23(3,4)5)12-18(17)29-22/h6-7,9-10,13,15H,8,11-12H2,1-5H3,(H2,24,26)(H,25,27). The van der Waals surface area contributed by atoms with E-state index < -0.39 is 5.91 Å². The molecule has 0 spiro atoms. The van der Waals surface area contributed by atoms with E-state index in [0.29, 0.717) is 27.8 Å². The molecule has 156 valence electrons. The third kappa shape index (κ3) is 4.81. The summed E-state index contributed by atoms with van der Waals surface area (Å²) < 4.78 is 5.62. The van der Waals surface area contributed by atoms with Crippen molar-refractivity contribution in [1.29, 1.82) is 0 Å². The van der Waals surface area contributed by atoms with Gasteiger partial charge in [0.05, 0.1) is 11.7 Å². The summed E-state index contributed by atoms with van der Waals surface area (Å²) in [6, 6.07) is 6.99. The maximum Gasteiger partial charge on any atom is 0.256 e. The average molecular weight is 415 g/mol. The zero-order valence-electron chi connectivity index (χ0n) is 17.8. The van der Waals surface area contributed by atoms with E-state index >= 15 is 0 Å². The summed E-state index contributed by atoms with van der Waals surface area (Å²) >= 11 is 1.49. The molecule has 3 N–H and O–H groups in total. The highest BCUT2D eigenvalue weighted by atomic mass is 32.1. The van der Waals surface area contributed by atoms with Gasteiger partial charge >= 0.3 is 0 Å². The SMILES string of the molecule is CC(C)Oc1ccc(C(=O)Nc2sc3c(c2C(N)=O)CCC(C(C)(C)C)C3)cc1. The van der Waals surface area contributed by atoms with Gasteiger partial charge in [0, 0.05) is 10.4 Å². The molecule has 2 amide bonds. The van der Waals surface area contributed by atoms with E-state index in [0.717, 1.165) is 24.8 Å². The van der Waals surface area contributed by atoms with Crippen LogP contribution in [0.25, 0.3) is 0 Å². The number of hydrogen-bond acceptors (Lipinski definition) is 4. The molecule has 5 nitrogen and oxygen atoms in total. The molecule has 1 atom stereocenters. The second kappa shape index (κ2) is 8.19. The number of hydrogen-bond donors (Lipinski definition) is 2. The molecule has 1 heterocycles. The fourth-order valence-electron chi connectivity index (χ4n) is 3.81. The van der Waals surface area contributed by atoms with E-state index in [1.807, 2.05) is 13.8 Å². The number of ether oxygens (including phenoxy) is 1. The molecule has 3 rings (SSSR count). The fraction of sp³-hybridized carbons (Fsp3) is 0.478. The first-order valence-corrected chi connectivity index (χ1v) is 10.9. The Morgan fingerprint density at radius 2 is 1.86 bits per heavy atom. The van der Waals surface area contributed by atoms with E-state index in [4.69, 9.17) is 10.5 Å². The zero-order chi connectivity index (χ0) is 21.3. The van der Waals surface area contributed by atoms with Gasteiger partial charge in [0.25, 0.3) is 11.8 Å². The molecule has 0 saturated heterocycles. The fourth-order valence-corrected chi connectivity index (χ4v) is 5.13. The lowest BCUT2D eigenvalue weighted by atomic mass is 9.72. The van der Waals surface area contributed by atoms with Gasteiger partial charge in [-0.05, 0) is 74.3 Å². The van der Waals surface area contributed by atoms with Crippen LogP contribution in [-0.4, -0.2) is 17.9 Å². The molecule has 0 fully saturated rings. The highest BCUT2D eigenvalue weighted by molar-refractivity contribution is 7.17. The van der Waals surface area contributed by atoms with Gasteiger partial charge in [-0.25, -0.2) is 0 Å². The number of nitrogens with one attached hydrogen (secondary N) is 1. The van der Waals surface area contributed by atoms with Crippen LogP contribution >= 0.6 is 11.3 Å². The van der Waals surface area contributed by atoms with E-state index in [1.54, 1.807) is 24.3 Å². The number of carbonyl (C=O) groups is 2. The van der Waals surface area contributed by atoms with Crippen molar-refractivity contribution in [3.05, 3.63) is 45.8 Å². The van der Waals surface area contributed by atoms with Crippen LogP contribution in [0.2, 0.25) is 0 Å². The first-order chi connectivity index (χ1) is 13.6. The molecule has 0 radical (unpaired) electrons. The molecule has 2 aromatic rings. The van der Waals surface area contributed by atoms with Crippen molar-refractivity contribution in [2.75, 3.05) is 5.32 Å². The van der Waals surface area contributed by atoms with Gasteiger partial charge < -0.3 is 15.8 Å². The molecule has 0 saturated carbocycles. The summed E-state index contributed by atoms with van der Waals surface area (Å²) in [6.45, 7) is 10.7. The van der Waals surface area contributed by atoms with Crippen molar-refractivity contribution in [2.45, 2.75) is 60.0 Å². The Morgan fingerprint density at radius 3 is 2.41 bits per heavy atom. The number of fused-ring (bicyclic) bond motifs is 1. The maximum absolute atomic E-state index is 12.8. The molecule has 6 heteroatoms. The number of thiophene rings is 1. The molecule has 1 aromatic carbocycles. The predicted molar refractivity (Wildman–Crippen MR) is 118 cm³/mol.